The summed E-state index contributed by atoms with van der Waals surface area (Å²) in [6.07, 6.45) is 2.59. The van der Waals surface area contributed by atoms with Crippen molar-refractivity contribution in [3.8, 4) is 0 Å². The first-order valence-corrected chi connectivity index (χ1v) is 8.17. The van der Waals surface area contributed by atoms with Crippen LogP contribution in [0, 0.1) is 0 Å². The lowest BCUT2D eigenvalue weighted by atomic mass is 10.0. The Morgan fingerprint density at radius 2 is 2.05 bits per heavy atom. The molecule has 0 bridgehead atoms. The largest absolute Gasteiger partial charge is 0.377 e. The standard InChI is InChI=1S/C16H25NOS/c1-4-13-5-7-14(8-6-13)16(17)12(3)19-15-9-10-18-11(15)2/h5-8,11-12,15-16H,4,9-10,17H2,1-3H3. The normalized spacial score (nSPS) is 26.3. The number of nitrogens with two attached hydrogens (primary N) is 1. The van der Waals surface area contributed by atoms with Gasteiger partial charge in [-0.3, -0.25) is 0 Å². The predicted molar refractivity (Wildman–Crippen MR) is 83.6 cm³/mol. The van der Waals surface area contributed by atoms with Crippen LogP contribution in [0.3, 0.4) is 0 Å². The van der Waals surface area contributed by atoms with Gasteiger partial charge in [0, 0.05) is 23.1 Å². The Morgan fingerprint density at radius 1 is 1.37 bits per heavy atom. The monoisotopic (exact) mass is 279 g/mol. The van der Waals surface area contributed by atoms with Gasteiger partial charge in [-0.2, -0.15) is 11.8 Å². The Bertz CT molecular complexity index is 392. The summed E-state index contributed by atoms with van der Waals surface area (Å²) in [4.78, 5) is 0. The van der Waals surface area contributed by atoms with Crippen molar-refractivity contribution in [2.24, 2.45) is 5.73 Å². The summed E-state index contributed by atoms with van der Waals surface area (Å²) in [6.45, 7) is 7.47. The highest BCUT2D eigenvalue weighted by atomic mass is 32.2. The van der Waals surface area contributed by atoms with Crippen LogP contribution >= 0.6 is 11.8 Å². The topological polar surface area (TPSA) is 35.2 Å². The molecule has 1 aliphatic heterocycles. The Kier molecular flexibility index (Phi) is 5.31. The van der Waals surface area contributed by atoms with E-state index in [1.165, 1.54) is 11.1 Å². The zero-order valence-corrected chi connectivity index (χ0v) is 13.0. The fraction of sp³-hybridized carbons (Fsp3) is 0.625. The van der Waals surface area contributed by atoms with Crippen molar-refractivity contribution in [2.75, 3.05) is 6.61 Å². The molecule has 1 aliphatic rings. The van der Waals surface area contributed by atoms with Gasteiger partial charge >= 0.3 is 0 Å². The maximum atomic E-state index is 6.39. The molecule has 1 heterocycles. The SMILES string of the molecule is CCc1ccc(C(N)C(C)SC2CCOC2C)cc1. The van der Waals surface area contributed by atoms with E-state index >= 15 is 0 Å². The second-order valence-electron chi connectivity index (χ2n) is 5.37. The Labute approximate surface area is 121 Å². The molecule has 2 rings (SSSR count). The van der Waals surface area contributed by atoms with Crippen LogP contribution in [0.15, 0.2) is 24.3 Å². The Hall–Kier alpha value is -0.510. The van der Waals surface area contributed by atoms with E-state index < -0.39 is 0 Å². The number of benzene rings is 1. The molecule has 2 N–H and O–H groups in total. The minimum absolute atomic E-state index is 0.101. The molecule has 2 nitrogen and oxygen atoms in total. The van der Waals surface area contributed by atoms with E-state index in [1.54, 1.807) is 0 Å². The molecule has 1 aromatic rings. The first kappa shape index (κ1) is 14.9. The molecular formula is C16H25NOS. The van der Waals surface area contributed by atoms with Gasteiger partial charge in [0.25, 0.3) is 0 Å². The number of ether oxygens (including phenoxy) is 1. The minimum atomic E-state index is 0.101. The van der Waals surface area contributed by atoms with E-state index in [-0.39, 0.29) is 6.04 Å². The van der Waals surface area contributed by atoms with E-state index in [1.807, 2.05) is 11.8 Å². The van der Waals surface area contributed by atoms with Gasteiger partial charge in [0.05, 0.1) is 6.10 Å². The zero-order valence-electron chi connectivity index (χ0n) is 12.1. The predicted octanol–water partition coefficient (Wildman–Crippen LogP) is 3.55. The lowest BCUT2D eigenvalue weighted by Gasteiger charge is -2.24. The van der Waals surface area contributed by atoms with Crippen LogP contribution in [0.25, 0.3) is 0 Å². The number of hydrogen-bond acceptors (Lipinski definition) is 3. The van der Waals surface area contributed by atoms with E-state index in [4.69, 9.17) is 10.5 Å². The van der Waals surface area contributed by atoms with Crippen LogP contribution in [0.2, 0.25) is 0 Å². The summed E-state index contributed by atoms with van der Waals surface area (Å²) < 4.78 is 5.62. The van der Waals surface area contributed by atoms with Gasteiger partial charge in [0.2, 0.25) is 0 Å². The molecule has 0 aromatic heterocycles. The van der Waals surface area contributed by atoms with Crippen molar-refractivity contribution in [1.82, 2.24) is 0 Å². The molecule has 0 aliphatic carbocycles. The van der Waals surface area contributed by atoms with Crippen LogP contribution < -0.4 is 5.73 Å². The van der Waals surface area contributed by atoms with E-state index in [0.29, 0.717) is 16.6 Å². The van der Waals surface area contributed by atoms with E-state index in [9.17, 15) is 0 Å². The lowest BCUT2D eigenvalue weighted by molar-refractivity contribution is 0.127. The number of hydrogen-bond donors (Lipinski definition) is 1. The molecule has 0 radical (unpaired) electrons. The molecule has 4 atom stereocenters. The second kappa shape index (κ2) is 6.78. The van der Waals surface area contributed by atoms with Gasteiger partial charge in [0.1, 0.15) is 0 Å². The van der Waals surface area contributed by atoms with Gasteiger partial charge in [-0.15, -0.1) is 0 Å². The van der Waals surface area contributed by atoms with Crippen molar-refractivity contribution < 1.29 is 4.74 Å². The van der Waals surface area contributed by atoms with E-state index in [2.05, 4.69) is 45.0 Å². The maximum absolute atomic E-state index is 6.39. The summed E-state index contributed by atoms with van der Waals surface area (Å²) >= 11 is 1.98. The number of thioether (sulfide) groups is 1. The van der Waals surface area contributed by atoms with Gasteiger partial charge in [0.15, 0.2) is 0 Å². The molecule has 0 saturated carbocycles. The third-order valence-corrected chi connectivity index (χ3v) is 5.67. The van der Waals surface area contributed by atoms with Crippen molar-refractivity contribution in [3.05, 3.63) is 35.4 Å². The van der Waals surface area contributed by atoms with Crippen molar-refractivity contribution in [2.45, 2.75) is 56.3 Å². The fourth-order valence-corrected chi connectivity index (χ4v) is 3.91. The average Bonchev–Trinajstić information content (AvgIpc) is 2.83. The fourth-order valence-electron chi connectivity index (χ4n) is 2.50. The first-order chi connectivity index (χ1) is 9.11. The average molecular weight is 279 g/mol. The second-order valence-corrected chi connectivity index (χ2v) is 6.99. The molecule has 1 fully saturated rings. The molecule has 4 unspecified atom stereocenters. The highest BCUT2D eigenvalue weighted by Gasteiger charge is 2.28. The molecule has 0 amide bonds. The first-order valence-electron chi connectivity index (χ1n) is 7.23. The van der Waals surface area contributed by atoms with Crippen molar-refractivity contribution in [1.29, 1.82) is 0 Å². The van der Waals surface area contributed by atoms with Crippen molar-refractivity contribution in [3.63, 3.8) is 0 Å². The third kappa shape index (κ3) is 3.74. The van der Waals surface area contributed by atoms with Gasteiger partial charge in [-0.25, -0.2) is 0 Å². The molecule has 3 heteroatoms. The maximum Gasteiger partial charge on any atom is 0.0666 e. The summed E-state index contributed by atoms with van der Waals surface area (Å²) in [7, 11) is 0. The summed E-state index contributed by atoms with van der Waals surface area (Å²) in [6, 6.07) is 8.83. The van der Waals surface area contributed by atoms with Crippen LogP contribution in [-0.2, 0) is 11.2 Å². The summed E-state index contributed by atoms with van der Waals surface area (Å²) in [5, 5.41) is 1.01. The zero-order chi connectivity index (χ0) is 13.8. The smallest absolute Gasteiger partial charge is 0.0666 e. The molecule has 1 saturated heterocycles. The molecule has 0 spiro atoms. The molecular weight excluding hydrogens is 254 g/mol. The van der Waals surface area contributed by atoms with Crippen LogP contribution in [-0.4, -0.2) is 23.2 Å². The van der Waals surface area contributed by atoms with E-state index in [0.717, 1.165) is 19.4 Å². The lowest BCUT2D eigenvalue weighted by Crippen LogP contribution is -2.25. The summed E-state index contributed by atoms with van der Waals surface area (Å²) in [5.74, 6) is 0. The van der Waals surface area contributed by atoms with Crippen molar-refractivity contribution >= 4 is 11.8 Å². The van der Waals surface area contributed by atoms with Gasteiger partial charge < -0.3 is 10.5 Å². The minimum Gasteiger partial charge on any atom is -0.377 e. The van der Waals surface area contributed by atoms with Gasteiger partial charge in [-0.1, -0.05) is 38.1 Å². The van der Waals surface area contributed by atoms with Gasteiger partial charge in [-0.05, 0) is 30.9 Å². The number of rotatable bonds is 5. The highest BCUT2D eigenvalue weighted by molar-refractivity contribution is 8.00. The Balaban J connectivity index is 1.95. The Morgan fingerprint density at radius 3 is 2.58 bits per heavy atom. The quantitative estimate of drug-likeness (QED) is 0.895. The molecule has 106 valence electrons. The third-order valence-electron chi connectivity index (χ3n) is 3.97. The van der Waals surface area contributed by atoms with Crippen LogP contribution in [0.1, 0.15) is 44.4 Å². The van der Waals surface area contributed by atoms with Crippen LogP contribution in [0.4, 0.5) is 0 Å². The summed E-state index contributed by atoms with van der Waals surface area (Å²) in [5.41, 5.74) is 9.00. The molecule has 19 heavy (non-hydrogen) atoms. The molecule has 1 aromatic carbocycles. The number of aryl methyl sites for hydroxylation is 1. The van der Waals surface area contributed by atoms with Crippen LogP contribution in [0.5, 0.6) is 0 Å². The highest BCUT2D eigenvalue weighted by Crippen LogP contribution is 2.34.